The zero-order valence-corrected chi connectivity index (χ0v) is 18.6. The largest absolute Gasteiger partial charge is 0.448 e. The van der Waals surface area contributed by atoms with Gasteiger partial charge in [-0.25, -0.2) is 0 Å². The summed E-state index contributed by atoms with van der Waals surface area (Å²) in [6.45, 7) is 0.563. The van der Waals surface area contributed by atoms with Gasteiger partial charge in [0.1, 0.15) is 5.69 Å². The van der Waals surface area contributed by atoms with Crippen molar-refractivity contribution in [3.05, 3.63) is 90.4 Å². The fourth-order valence-electron chi connectivity index (χ4n) is 4.64. The maximum Gasteiger partial charge on any atom is 0.259 e. The Labute approximate surface area is 197 Å². The molecule has 3 heterocycles. The number of hydrogen-bond acceptors (Lipinski definition) is 5. The van der Waals surface area contributed by atoms with Crippen LogP contribution < -0.4 is 14.8 Å². The van der Waals surface area contributed by atoms with Crippen molar-refractivity contribution >= 4 is 11.6 Å². The maximum absolute atomic E-state index is 13.4. The lowest BCUT2D eigenvalue weighted by atomic mass is 10.1. The Balaban J connectivity index is 1.28. The Morgan fingerprint density at radius 3 is 2.62 bits per heavy atom. The molecule has 170 valence electrons. The van der Waals surface area contributed by atoms with Gasteiger partial charge in [-0.3, -0.25) is 14.5 Å². The number of carbonyl (C=O) groups is 1. The van der Waals surface area contributed by atoms with E-state index in [9.17, 15) is 4.79 Å². The highest BCUT2D eigenvalue weighted by Gasteiger charge is 2.44. The fourth-order valence-corrected chi connectivity index (χ4v) is 4.64. The van der Waals surface area contributed by atoms with E-state index in [1.807, 2.05) is 60.7 Å². The van der Waals surface area contributed by atoms with Gasteiger partial charge in [0.15, 0.2) is 11.5 Å². The molecular formula is C27H24N4O3. The van der Waals surface area contributed by atoms with E-state index in [0.29, 0.717) is 29.2 Å². The second kappa shape index (κ2) is 8.33. The standard InChI is InChI=1S/C27H24N4O3/c32-26(29-21-10-11-23-24(15-21)34-27(33-23)12-4-5-13-27)22-18-31(17-19-7-2-1-3-8-19)30-25(22)20-9-6-14-28-16-20/h1-3,6-11,14-16,18H,4-5,12-13,17H2,(H,29,32). The molecule has 1 amide bonds. The molecule has 1 fully saturated rings. The molecule has 0 bridgehead atoms. The van der Waals surface area contributed by atoms with Crippen LogP contribution in [0.2, 0.25) is 0 Å². The molecule has 1 saturated carbocycles. The predicted octanol–water partition coefficient (Wildman–Crippen LogP) is 5.29. The van der Waals surface area contributed by atoms with Crippen LogP contribution in [-0.4, -0.2) is 26.5 Å². The Hall–Kier alpha value is -4.13. The number of hydrogen-bond donors (Lipinski definition) is 1. The summed E-state index contributed by atoms with van der Waals surface area (Å²) in [5.41, 5.74) is 3.61. The molecule has 0 atom stereocenters. The van der Waals surface area contributed by atoms with Crippen molar-refractivity contribution in [1.82, 2.24) is 14.8 Å². The smallest absolute Gasteiger partial charge is 0.259 e. The van der Waals surface area contributed by atoms with Crippen LogP contribution in [0.15, 0.2) is 79.3 Å². The number of nitrogens with zero attached hydrogens (tertiary/aromatic N) is 3. The monoisotopic (exact) mass is 452 g/mol. The number of rotatable bonds is 5. The van der Waals surface area contributed by atoms with Gasteiger partial charge < -0.3 is 14.8 Å². The minimum Gasteiger partial charge on any atom is -0.448 e. The SMILES string of the molecule is O=C(Nc1ccc2c(c1)OC1(CCCC1)O2)c1cn(Cc2ccccc2)nc1-c1cccnc1. The van der Waals surface area contributed by atoms with Crippen LogP contribution in [0, 0.1) is 0 Å². The molecule has 0 saturated heterocycles. The number of carbonyl (C=O) groups excluding carboxylic acids is 1. The van der Waals surface area contributed by atoms with E-state index in [1.54, 1.807) is 23.3 Å². The third-order valence-corrected chi connectivity index (χ3v) is 6.29. The molecule has 6 rings (SSSR count). The topological polar surface area (TPSA) is 78.3 Å². The Bertz CT molecular complexity index is 1330. The van der Waals surface area contributed by atoms with E-state index < -0.39 is 5.79 Å². The summed E-state index contributed by atoms with van der Waals surface area (Å²) in [6.07, 6.45) is 9.17. The Morgan fingerprint density at radius 2 is 1.82 bits per heavy atom. The maximum atomic E-state index is 13.4. The molecule has 4 aromatic rings. The first-order chi connectivity index (χ1) is 16.7. The third-order valence-electron chi connectivity index (χ3n) is 6.29. The molecule has 2 aromatic carbocycles. The zero-order chi connectivity index (χ0) is 23.0. The van der Waals surface area contributed by atoms with Crippen molar-refractivity contribution in [2.24, 2.45) is 0 Å². The first-order valence-corrected chi connectivity index (χ1v) is 11.5. The van der Waals surface area contributed by atoms with Crippen LogP contribution in [0.3, 0.4) is 0 Å². The summed E-state index contributed by atoms with van der Waals surface area (Å²) < 4.78 is 14.0. The van der Waals surface area contributed by atoms with Crippen molar-refractivity contribution in [3.8, 4) is 22.8 Å². The van der Waals surface area contributed by atoms with Crippen LogP contribution in [0.1, 0.15) is 41.6 Å². The number of nitrogens with one attached hydrogen (secondary N) is 1. The summed E-state index contributed by atoms with van der Waals surface area (Å²) in [6, 6.07) is 19.3. The lowest BCUT2D eigenvalue weighted by Gasteiger charge is -2.21. The van der Waals surface area contributed by atoms with Crippen molar-refractivity contribution < 1.29 is 14.3 Å². The van der Waals surface area contributed by atoms with E-state index in [0.717, 1.165) is 42.6 Å². The molecule has 1 aliphatic carbocycles. The highest BCUT2D eigenvalue weighted by Crippen LogP contribution is 2.47. The minimum atomic E-state index is -0.531. The Morgan fingerprint density at radius 1 is 1.00 bits per heavy atom. The summed E-state index contributed by atoms with van der Waals surface area (Å²) in [7, 11) is 0. The summed E-state index contributed by atoms with van der Waals surface area (Å²) in [4.78, 5) is 17.6. The number of fused-ring (bicyclic) bond motifs is 1. The quantitative estimate of drug-likeness (QED) is 0.445. The van der Waals surface area contributed by atoms with E-state index in [2.05, 4.69) is 10.3 Å². The van der Waals surface area contributed by atoms with E-state index >= 15 is 0 Å². The van der Waals surface area contributed by atoms with E-state index in [4.69, 9.17) is 14.6 Å². The van der Waals surface area contributed by atoms with Gasteiger partial charge in [-0.05, 0) is 42.7 Å². The highest BCUT2D eigenvalue weighted by atomic mass is 16.7. The van der Waals surface area contributed by atoms with Crippen LogP contribution in [0.5, 0.6) is 11.5 Å². The summed E-state index contributed by atoms with van der Waals surface area (Å²) >= 11 is 0. The summed E-state index contributed by atoms with van der Waals surface area (Å²) in [5.74, 6) is 0.628. The molecule has 0 radical (unpaired) electrons. The van der Waals surface area contributed by atoms with Crippen molar-refractivity contribution in [2.45, 2.75) is 38.0 Å². The number of aromatic nitrogens is 3. The van der Waals surface area contributed by atoms with Gasteiger partial charge in [0.25, 0.3) is 11.7 Å². The van der Waals surface area contributed by atoms with Gasteiger partial charge in [-0.2, -0.15) is 5.10 Å². The van der Waals surface area contributed by atoms with Crippen molar-refractivity contribution in [2.75, 3.05) is 5.32 Å². The average Bonchev–Trinajstić information content (AvgIpc) is 3.58. The van der Waals surface area contributed by atoms with Crippen molar-refractivity contribution in [1.29, 1.82) is 0 Å². The molecule has 1 aliphatic heterocycles. The van der Waals surface area contributed by atoms with Crippen LogP contribution in [0.25, 0.3) is 11.3 Å². The Kier molecular flexibility index (Phi) is 5.02. The first-order valence-electron chi connectivity index (χ1n) is 11.5. The third kappa shape index (κ3) is 3.90. The van der Waals surface area contributed by atoms with Gasteiger partial charge in [0.05, 0.1) is 12.1 Å². The lowest BCUT2D eigenvalue weighted by Crippen LogP contribution is -2.34. The van der Waals surface area contributed by atoms with Gasteiger partial charge in [-0.15, -0.1) is 0 Å². The second-order valence-electron chi connectivity index (χ2n) is 8.75. The molecule has 1 N–H and O–H groups in total. The average molecular weight is 453 g/mol. The van der Waals surface area contributed by atoms with E-state index in [1.165, 1.54) is 0 Å². The fraction of sp³-hybridized carbons (Fsp3) is 0.222. The highest BCUT2D eigenvalue weighted by molar-refractivity contribution is 6.08. The number of amides is 1. The normalized spacial score (nSPS) is 15.5. The molecule has 1 spiro atoms. The van der Waals surface area contributed by atoms with Crippen LogP contribution in [-0.2, 0) is 6.54 Å². The molecular weight excluding hydrogens is 428 g/mol. The number of anilines is 1. The van der Waals surface area contributed by atoms with Crippen molar-refractivity contribution in [3.63, 3.8) is 0 Å². The number of ether oxygens (including phenoxy) is 2. The van der Waals surface area contributed by atoms with E-state index in [-0.39, 0.29) is 5.91 Å². The second-order valence-corrected chi connectivity index (χ2v) is 8.75. The first kappa shape index (κ1) is 20.5. The van der Waals surface area contributed by atoms with Gasteiger partial charge in [-0.1, -0.05) is 30.3 Å². The molecule has 2 aromatic heterocycles. The molecule has 7 heteroatoms. The number of benzene rings is 2. The molecule has 34 heavy (non-hydrogen) atoms. The molecule has 2 aliphatic rings. The lowest BCUT2D eigenvalue weighted by molar-refractivity contribution is -0.0716. The number of pyridine rings is 1. The molecule has 7 nitrogen and oxygen atoms in total. The predicted molar refractivity (Wildman–Crippen MR) is 128 cm³/mol. The van der Waals surface area contributed by atoms with Crippen LogP contribution in [0.4, 0.5) is 5.69 Å². The zero-order valence-electron chi connectivity index (χ0n) is 18.6. The van der Waals surface area contributed by atoms with Gasteiger partial charge in [0.2, 0.25) is 0 Å². The summed E-state index contributed by atoms with van der Waals surface area (Å²) in [5, 5.41) is 7.72. The van der Waals surface area contributed by atoms with Gasteiger partial charge in [0, 0.05) is 48.7 Å². The minimum absolute atomic E-state index is 0.243. The molecule has 0 unspecified atom stereocenters. The van der Waals surface area contributed by atoms with Crippen LogP contribution >= 0.6 is 0 Å². The van der Waals surface area contributed by atoms with Gasteiger partial charge >= 0.3 is 0 Å².